The molecule has 186 valence electrons. The molecule has 0 aliphatic carbocycles. The van der Waals surface area contributed by atoms with Crippen LogP contribution < -0.4 is 0 Å². The summed E-state index contributed by atoms with van der Waals surface area (Å²) in [6, 6.07) is 28.3. The van der Waals surface area contributed by atoms with Crippen LogP contribution in [0.15, 0.2) is 84.9 Å². The van der Waals surface area contributed by atoms with Crippen molar-refractivity contribution in [1.29, 1.82) is 0 Å². The van der Waals surface area contributed by atoms with Crippen molar-refractivity contribution in [2.75, 3.05) is 0 Å². The van der Waals surface area contributed by atoms with Crippen molar-refractivity contribution in [2.45, 2.75) is 38.5 Å². The first kappa shape index (κ1) is 25.0. The van der Waals surface area contributed by atoms with E-state index in [-0.39, 0.29) is 31.3 Å². The molecule has 0 radical (unpaired) electrons. The monoisotopic (exact) mass is 576 g/mol. The molecule has 37 heavy (non-hydrogen) atoms. The fourth-order valence-electron chi connectivity index (χ4n) is 4.59. The van der Waals surface area contributed by atoms with Gasteiger partial charge in [0.2, 0.25) is 0 Å². The summed E-state index contributed by atoms with van der Waals surface area (Å²) in [4.78, 5) is 19.0. The summed E-state index contributed by atoms with van der Waals surface area (Å²) in [5, 5.41) is 0. The van der Waals surface area contributed by atoms with Crippen LogP contribution in [0.1, 0.15) is 39.1 Å². The van der Waals surface area contributed by atoms with E-state index < -0.39 is 0 Å². The Kier molecular flexibility index (Phi) is 6.31. The van der Waals surface area contributed by atoms with Crippen molar-refractivity contribution in [3.63, 3.8) is 0 Å². The zero-order chi connectivity index (χ0) is 24.9. The summed E-state index contributed by atoms with van der Waals surface area (Å²) < 4.78 is 3.83. The van der Waals surface area contributed by atoms with Crippen LogP contribution in [0.4, 0.5) is 0 Å². The maximum atomic E-state index is 5.08. The van der Waals surface area contributed by atoms with Crippen molar-refractivity contribution < 1.29 is 20.4 Å². The molecule has 6 aromatic rings. The zero-order valence-corrected chi connectivity index (χ0v) is 22.6. The smallest absolute Gasteiger partial charge is 0.411 e. The number of nitrogens with zero attached hydrogens (tertiary/aromatic N) is 6. The van der Waals surface area contributed by atoms with E-state index in [0.717, 1.165) is 45.1 Å². The Morgan fingerprint density at radius 3 is 1.38 bits per heavy atom. The van der Waals surface area contributed by atoms with E-state index in [1.165, 1.54) is 0 Å². The van der Waals surface area contributed by atoms with Gasteiger partial charge in [0.25, 0.3) is 0 Å². The number of imidazole rings is 2. The van der Waals surface area contributed by atoms with E-state index in [2.05, 4.69) is 74.6 Å². The maximum absolute atomic E-state index is 5.08. The normalized spacial score (nSPS) is 12.1. The van der Waals surface area contributed by atoms with Crippen LogP contribution >= 0.6 is 0 Å². The zero-order valence-electron chi connectivity index (χ0n) is 21.1. The molecule has 0 spiro atoms. The maximum Gasteiger partial charge on any atom is 2.00 e. The molecule has 0 bridgehead atoms. The number of aromatic nitrogens is 6. The molecule has 2 aromatic carbocycles. The van der Waals surface area contributed by atoms with E-state index in [4.69, 9.17) is 9.97 Å². The second kappa shape index (κ2) is 9.33. The minimum absolute atomic E-state index is 0. The summed E-state index contributed by atoms with van der Waals surface area (Å²) in [6.07, 6.45) is 6.19. The van der Waals surface area contributed by atoms with Gasteiger partial charge in [-0.3, -0.25) is 9.97 Å². The van der Waals surface area contributed by atoms with Crippen molar-refractivity contribution in [3.05, 3.63) is 109 Å². The molecule has 0 saturated carbocycles. The number of hydrogen-bond donors (Lipinski definition) is 0. The Morgan fingerprint density at radius 1 is 0.541 bits per heavy atom. The van der Waals surface area contributed by atoms with Crippen molar-refractivity contribution in [3.8, 4) is 11.6 Å². The van der Waals surface area contributed by atoms with Crippen LogP contribution in [0.2, 0.25) is 0 Å². The molecule has 4 heterocycles. The summed E-state index contributed by atoms with van der Waals surface area (Å²) in [5.41, 5.74) is 5.03. The van der Waals surface area contributed by atoms with E-state index >= 15 is 0 Å². The Bertz CT molecular complexity index is 1580. The fourth-order valence-corrected chi connectivity index (χ4v) is 4.59. The molecule has 0 aliphatic rings. The van der Waals surface area contributed by atoms with E-state index in [9.17, 15) is 0 Å². The summed E-state index contributed by atoms with van der Waals surface area (Å²) >= 11 is 0. The second-order valence-corrected chi connectivity index (χ2v) is 10.1. The first-order valence-electron chi connectivity index (χ1n) is 12.0. The molecule has 6 nitrogen and oxygen atoms in total. The molecule has 0 atom stereocenters. The van der Waals surface area contributed by atoms with Crippen LogP contribution in [0.5, 0.6) is 0 Å². The third kappa shape index (κ3) is 4.09. The third-order valence-electron chi connectivity index (χ3n) is 7.56. The van der Waals surface area contributed by atoms with Gasteiger partial charge in [-0.2, -0.15) is 0 Å². The molecule has 0 amide bonds. The van der Waals surface area contributed by atoms with Gasteiger partial charge in [0, 0.05) is 34.9 Å². The number of pyridine rings is 2. The van der Waals surface area contributed by atoms with Crippen molar-refractivity contribution >= 4 is 22.1 Å². The van der Waals surface area contributed by atoms with Crippen LogP contribution in [0, 0.1) is 12.7 Å². The van der Waals surface area contributed by atoms with Crippen molar-refractivity contribution in [2.24, 2.45) is 0 Å². The van der Waals surface area contributed by atoms with Crippen molar-refractivity contribution in [1.82, 2.24) is 29.1 Å². The summed E-state index contributed by atoms with van der Waals surface area (Å²) in [6.45, 7) is 8.90. The Morgan fingerprint density at radius 2 is 0.946 bits per heavy atom. The van der Waals surface area contributed by atoms with Gasteiger partial charge >= 0.3 is 20.4 Å². The standard InChI is InChI=1S/C30H26N6.Pd/c1-29(2,25-15-9-17-27(33-25)35-19-31-21-11-5-7-13-23(21)35)30(3,4)26-16-10-18-28(34-26)36-20-32-22-12-6-8-14-24(22)36;/h5-18H,1-4H3;/q-2;+2. The molecule has 0 fully saturated rings. The minimum Gasteiger partial charge on any atom is -0.411 e. The van der Waals surface area contributed by atoms with Gasteiger partial charge in [-0.05, 0) is 23.2 Å². The van der Waals surface area contributed by atoms with Gasteiger partial charge < -0.3 is 19.1 Å². The predicted molar refractivity (Wildman–Crippen MR) is 141 cm³/mol. The fraction of sp³-hybridized carbons (Fsp3) is 0.200. The molecule has 7 heteroatoms. The molecule has 4 aromatic heterocycles. The Balaban J connectivity index is 0.00000280. The third-order valence-corrected chi connectivity index (χ3v) is 7.56. The van der Waals surface area contributed by atoms with Crippen LogP contribution in [-0.4, -0.2) is 29.1 Å². The average molecular weight is 577 g/mol. The predicted octanol–water partition coefficient (Wildman–Crippen LogP) is 6.01. The largest absolute Gasteiger partial charge is 2.00 e. The molecule has 6 rings (SSSR count). The Hall–Kier alpha value is -3.66. The van der Waals surface area contributed by atoms with Gasteiger partial charge in [0.1, 0.15) is 0 Å². The number of benzene rings is 2. The quantitative estimate of drug-likeness (QED) is 0.186. The van der Waals surface area contributed by atoms with Gasteiger partial charge in [0.15, 0.2) is 0 Å². The molecule has 0 aliphatic heterocycles. The first-order valence-corrected chi connectivity index (χ1v) is 12.0. The Labute approximate surface area is 230 Å². The minimum atomic E-state index is -0.342. The van der Waals surface area contributed by atoms with Crippen LogP contribution in [-0.2, 0) is 31.3 Å². The number of hydrogen-bond acceptors (Lipinski definition) is 4. The molecule has 0 saturated heterocycles. The summed E-state index contributed by atoms with van der Waals surface area (Å²) in [7, 11) is 0. The van der Waals surface area contributed by atoms with Gasteiger partial charge in [0.05, 0.1) is 11.6 Å². The SMILES string of the molecule is CC(C)(c1cccc(-n2[c-]nc3ccccc32)n1)C(C)(C)c1cccc(-n2[c-]nc3ccccc32)n1.[Pd+2]. The number of rotatable bonds is 5. The number of para-hydroxylation sites is 4. The second-order valence-electron chi connectivity index (χ2n) is 10.1. The topological polar surface area (TPSA) is 61.4 Å². The van der Waals surface area contributed by atoms with Gasteiger partial charge in [-0.1, -0.05) is 112 Å². The van der Waals surface area contributed by atoms with E-state index in [1.807, 2.05) is 69.8 Å². The van der Waals surface area contributed by atoms with Gasteiger partial charge in [-0.25, -0.2) is 0 Å². The number of fused-ring (bicyclic) bond motifs is 2. The average Bonchev–Trinajstić information content (AvgIpc) is 3.53. The summed E-state index contributed by atoms with van der Waals surface area (Å²) in [5.74, 6) is 1.59. The molecule has 0 N–H and O–H groups in total. The molecule has 0 unspecified atom stereocenters. The first-order chi connectivity index (χ1) is 17.4. The van der Waals surface area contributed by atoms with Crippen LogP contribution in [0.25, 0.3) is 33.7 Å². The van der Waals surface area contributed by atoms with Gasteiger partial charge in [-0.15, -0.1) is 0 Å². The molecular formula is C30H26N6Pd. The van der Waals surface area contributed by atoms with Crippen LogP contribution in [0.3, 0.4) is 0 Å². The van der Waals surface area contributed by atoms with E-state index in [1.54, 1.807) is 0 Å². The van der Waals surface area contributed by atoms with E-state index in [0.29, 0.717) is 0 Å². The molecular weight excluding hydrogens is 551 g/mol.